The molecule has 0 spiro atoms. The Morgan fingerprint density at radius 3 is 1.50 bits per heavy atom. The SMILES string of the molecule is CCCCCC/C=C\CCCCCCCC(=O)OC(COC(=O)CCCCCCCCCCCCCCC)COP(=O)([O-])OCC[N+](C)(C)C. The largest absolute Gasteiger partial charge is 0.756 e. The van der Waals surface area contributed by atoms with E-state index in [9.17, 15) is 19.0 Å². The van der Waals surface area contributed by atoms with Crippen molar-refractivity contribution in [2.24, 2.45) is 0 Å². The van der Waals surface area contributed by atoms with Crippen molar-refractivity contribution in [1.29, 1.82) is 0 Å². The molecule has 0 aliphatic heterocycles. The Morgan fingerprint density at radius 2 is 1.02 bits per heavy atom. The lowest BCUT2D eigenvalue weighted by Crippen LogP contribution is -2.37. The van der Waals surface area contributed by atoms with Crippen molar-refractivity contribution in [3.63, 3.8) is 0 Å². The Kier molecular flexibility index (Phi) is 32.7. The zero-order valence-corrected chi connectivity index (χ0v) is 34.0. The van der Waals surface area contributed by atoms with Gasteiger partial charge in [0.2, 0.25) is 0 Å². The van der Waals surface area contributed by atoms with E-state index in [1.54, 1.807) is 0 Å². The molecule has 0 N–H and O–H groups in total. The Morgan fingerprint density at radius 1 is 0.600 bits per heavy atom. The van der Waals surface area contributed by atoms with Crippen molar-refractivity contribution in [3.8, 4) is 0 Å². The summed E-state index contributed by atoms with van der Waals surface area (Å²) >= 11 is 0. The molecule has 0 aliphatic carbocycles. The van der Waals surface area contributed by atoms with Gasteiger partial charge in [-0.1, -0.05) is 142 Å². The van der Waals surface area contributed by atoms with Gasteiger partial charge in [-0.3, -0.25) is 14.2 Å². The topological polar surface area (TPSA) is 111 Å². The average molecular weight is 732 g/mol. The van der Waals surface area contributed by atoms with Crippen molar-refractivity contribution in [1.82, 2.24) is 0 Å². The highest BCUT2D eigenvalue weighted by Crippen LogP contribution is 2.38. The van der Waals surface area contributed by atoms with E-state index in [2.05, 4.69) is 26.0 Å². The fourth-order valence-electron chi connectivity index (χ4n) is 5.53. The number of phosphoric acid groups is 1. The highest BCUT2D eigenvalue weighted by atomic mass is 31.2. The second-order valence-corrected chi connectivity index (χ2v) is 16.4. The minimum absolute atomic E-state index is 0.0296. The second-order valence-electron chi connectivity index (χ2n) is 15.0. The number of carbonyl (C=O) groups is 2. The number of ether oxygens (including phenoxy) is 2. The van der Waals surface area contributed by atoms with E-state index >= 15 is 0 Å². The highest BCUT2D eigenvalue weighted by molar-refractivity contribution is 7.45. The Hall–Kier alpha value is -1.25. The van der Waals surface area contributed by atoms with Crippen LogP contribution in [0, 0.1) is 0 Å². The molecule has 0 saturated heterocycles. The van der Waals surface area contributed by atoms with Crippen molar-refractivity contribution >= 4 is 19.8 Å². The number of quaternary nitrogens is 1. The first kappa shape index (κ1) is 48.8. The first-order chi connectivity index (χ1) is 24.0. The number of allylic oxidation sites excluding steroid dienone is 2. The number of hydrogen-bond acceptors (Lipinski definition) is 8. The van der Waals surface area contributed by atoms with Gasteiger partial charge in [0.1, 0.15) is 19.8 Å². The number of rotatable bonds is 37. The van der Waals surface area contributed by atoms with E-state index in [1.165, 1.54) is 96.3 Å². The smallest absolute Gasteiger partial charge is 0.306 e. The van der Waals surface area contributed by atoms with Crippen LogP contribution in [0.4, 0.5) is 0 Å². The maximum Gasteiger partial charge on any atom is 0.306 e. The van der Waals surface area contributed by atoms with Gasteiger partial charge in [0.25, 0.3) is 7.82 Å². The van der Waals surface area contributed by atoms with Crippen LogP contribution >= 0.6 is 7.82 Å². The molecular weight excluding hydrogens is 653 g/mol. The Balaban J connectivity index is 4.40. The van der Waals surface area contributed by atoms with E-state index < -0.39 is 26.5 Å². The summed E-state index contributed by atoms with van der Waals surface area (Å²) in [5, 5.41) is 0. The highest BCUT2D eigenvalue weighted by Gasteiger charge is 2.21. The van der Waals surface area contributed by atoms with Crippen LogP contribution in [0.15, 0.2) is 12.2 Å². The minimum atomic E-state index is -4.61. The first-order valence-electron chi connectivity index (χ1n) is 20.4. The maximum atomic E-state index is 12.6. The van der Waals surface area contributed by atoms with Crippen LogP contribution in [-0.2, 0) is 32.7 Å². The summed E-state index contributed by atoms with van der Waals surface area (Å²) in [5.41, 5.74) is 0. The van der Waals surface area contributed by atoms with Gasteiger partial charge < -0.3 is 27.9 Å². The first-order valence-corrected chi connectivity index (χ1v) is 21.9. The van der Waals surface area contributed by atoms with Gasteiger partial charge in [-0.15, -0.1) is 0 Å². The number of unbranched alkanes of at least 4 members (excludes halogenated alkanes) is 21. The average Bonchev–Trinajstić information content (AvgIpc) is 3.06. The lowest BCUT2D eigenvalue weighted by molar-refractivity contribution is -0.870. The molecule has 0 aromatic heterocycles. The van der Waals surface area contributed by atoms with Gasteiger partial charge in [0.15, 0.2) is 6.10 Å². The summed E-state index contributed by atoms with van der Waals surface area (Å²) in [7, 11) is 1.17. The van der Waals surface area contributed by atoms with Crippen LogP contribution in [0.2, 0.25) is 0 Å². The third kappa shape index (κ3) is 36.5. The fraction of sp³-hybridized carbons (Fsp3) is 0.900. The molecule has 10 heteroatoms. The molecule has 50 heavy (non-hydrogen) atoms. The van der Waals surface area contributed by atoms with Gasteiger partial charge in [0.05, 0.1) is 27.7 Å². The summed E-state index contributed by atoms with van der Waals surface area (Å²) in [6, 6.07) is 0. The fourth-order valence-corrected chi connectivity index (χ4v) is 6.26. The molecule has 0 bridgehead atoms. The number of hydrogen-bond donors (Lipinski definition) is 0. The van der Waals surface area contributed by atoms with Gasteiger partial charge in [-0.2, -0.15) is 0 Å². The predicted molar refractivity (Wildman–Crippen MR) is 204 cm³/mol. The minimum Gasteiger partial charge on any atom is -0.756 e. The molecule has 0 aliphatic rings. The lowest BCUT2D eigenvalue weighted by atomic mass is 10.0. The number of nitrogens with zero attached hydrogens (tertiary/aromatic N) is 1. The lowest BCUT2D eigenvalue weighted by Gasteiger charge is -2.28. The maximum absolute atomic E-state index is 12.6. The standard InChI is InChI=1S/C40H78NO8P/c1-6-8-10-12-14-16-18-20-22-24-26-28-30-32-39(42)46-36-38(37-48-50(44,45)47-35-34-41(3,4)5)49-40(43)33-31-29-27-25-23-21-19-17-15-13-11-9-7-2/h17,19,38H,6-16,18,20-37H2,1-5H3/b19-17-. The summed E-state index contributed by atoms with van der Waals surface area (Å²) < 4.78 is 33.8. The molecule has 0 aromatic rings. The van der Waals surface area contributed by atoms with Gasteiger partial charge in [0, 0.05) is 12.8 Å². The van der Waals surface area contributed by atoms with Crippen molar-refractivity contribution in [2.45, 2.75) is 187 Å². The Labute approximate surface area is 307 Å². The zero-order valence-electron chi connectivity index (χ0n) is 33.1. The van der Waals surface area contributed by atoms with Crippen LogP contribution < -0.4 is 4.89 Å². The molecule has 0 heterocycles. The number of phosphoric ester groups is 1. The molecular formula is C40H78NO8P. The van der Waals surface area contributed by atoms with E-state index in [0.29, 0.717) is 17.4 Å². The third-order valence-corrected chi connectivity index (χ3v) is 9.75. The van der Waals surface area contributed by atoms with Crippen LogP contribution in [0.5, 0.6) is 0 Å². The monoisotopic (exact) mass is 732 g/mol. The van der Waals surface area contributed by atoms with Crippen LogP contribution in [0.1, 0.15) is 181 Å². The van der Waals surface area contributed by atoms with Crippen molar-refractivity contribution < 1.29 is 42.1 Å². The molecule has 9 nitrogen and oxygen atoms in total. The molecule has 0 radical (unpaired) electrons. The van der Waals surface area contributed by atoms with E-state index in [1.807, 2.05) is 21.1 Å². The molecule has 296 valence electrons. The molecule has 0 saturated carbocycles. The summed E-state index contributed by atoms with van der Waals surface area (Å²) in [4.78, 5) is 37.4. The summed E-state index contributed by atoms with van der Waals surface area (Å²) in [6.07, 6.45) is 32.3. The van der Waals surface area contributed by atoms with Crippen molar-refractivity contribution in [2.75, 3.05) is 47.5 Å². The number of esters is 2. The summed E-state index contributed by atoms with van der Waals surface area (Å²) in [6.45, 7) is 4.20. The van der Waals surface area contributed by atoms with E-state index in [0.717, 1.165) is 51.4 Å². The molecule has 0 aromatic carbocycles. The van der Waals surface area contributed by atoms with Gasteiger partial charge in [-0.05, 0) is 38.5 Å². The van der Waals surface area contributed by atoms with Gasteiger partial charge in [-0.25, -0.2) is 0 Å². The zero-order chi connectivity index (χ0) is 37.2. The molecule has 2 unspecified atom stereocenters. The third-order valence-electron chi connectivity index (χ3n) is 8.79. The van der Waals surface area contributed by atoms with E-state index in [-0.39, 0.29) is 32.0 Å². The Bertz CT molecular complexity index is 876. The number of carbonyl (C=O) groups excluding carboxylic acids is 2. The quantitative estimate of drug-likeness (QED) is 0.0204. The molecule has 0 fully saturated rings. The van der Waals surface area contributed by atoms with Crippen LogP contribution in [0.3, 0.4) is 0 Å². The van der Waals surface area contributed by atoms with Crippen molar-refractivity contribution in [3.05, 3.63) is 12.2 Å². The van der Waals surface area contributed by atoms with Gasteiger partial charge >= 0.3 is 11.9 Å². The molecule has 2 atom stereocenters. The van der Waals surface area contributed by atoms with Crippen LogP contribution in [0.25, 0.3) is 0 Å². The van der Waals surface area contributed by atoms with E-state index in [4.69, 9.17) is 18.5 Å². The normalized spacial score (nSPS) is 13.8. The summed E-state index contributed by atoms with van der Waals surface area (Å²) in [5.74, 6) is -0.839. The number of likely N-dealkylation sites (N-methyl/N-ethyl adjacent to an activating group) is 1. The predicted octanol–water partition coefficient (Wildman–Crippen LogP) is 10.4. The molecule has 0 rings (SSSR count). The van der Waals surface area contributed by atoms with Crippen LogP contribution in [-0.4, -0.2) is 70.0 Å². The second kappa shape index (κ2) is 33.6. The molecule has 0 amide bonds.